The lowest BCUT2D eigenvalue weighted by molar-refractivity contribution is -0.120. The zero-order chi connectivity index (χ0) is 16.1. The van der Waals surface area contributed by atoms with Gasteiger partial charge in [-0.3, -0.25) is 9.59 Å². The van der Waals surface area contributed by atoms with Crippen LogP contribution in [0.4, 0.5) is 0 Å². The molecule has 2 rings (SSSR count). The van der Waals surface area contributed by atoms with Crippen molar-refractivity contribution in [1.29, 1.82) is 0 Å². The van der Waals surface area contributed by atoms with E-state index in [0.29, 0.717) is 24.3 Å². The van der Waals surface area contributed by atoms with E-state index >= 15 is 0 Å². The van der Waals surface area contributed by atoms with Crippen molar-refractivity contribution in [2.24, 2.45) is 5.73 Å². The maximum atomic E-state index is 12.4. The van der Waals surface area contributed by atoms with E-state index in [4.69, 9.17) is 10.5 Å². The zero-order valence-corrected chi connectivity index (χ0v) is 13.5. The fraction of sp³-hybridized carbons (Fsp3) is 0.467. The second-order valence-corrected chi connectivity index (χ2v) is 6.05. The van der Waals surface area contributed by atoms with Crippen LogP contribution in [0.25, 0.3) is 0 Å². The topological polar surface area (TPSA) is 93.4 Å². The van der Waals surface area contributed by atoms with Gasteiger partial charge in [0.2, 0.25) is 5.91 Å². The number of amides is 2. The summed E-state index contributed by atoms with van der Waals surface area (Å²) in [5.41, 5.74) is 5.81. The number of hydrogen-bond donors (Lipinski definition) is 3. The average molecular weight is 323 g/mol. The lowest BCUT2D eigenvalue weighted by Crippen LogP contribution is -2.52. The van der Waals surface area contributed by atoms with E-state index in [1.165, 1.54) is 0 Å². The summed E-state index contributed by atoms with van der Waals surface area (Å²) in [6.45, 7) is 0.654. The largest absolute Gasteiger partial charge is 0.496 e. The second-order valence-electron chi connectivity index (χ2n) is 5.17. The van der Waals surface area contributed by atoms with Crippen molar-refractivity contribution >= 4 is 23.6 Å². The first-order chi connectivity index (χ1) is 10.5. The van der Waals surface area contributed by atoms with Crippen molar-refractivity contribution in [2.45, 2.75) is 29.8 Å². The number of methoxy groups -OCH3 is 1. The van der Waals surface area contributed by atoms with Gasteiger partial charge in [0, 0.05) is 10.9 Å². The highest BCUT2D eigenvalue weighted by molar-refractivity contribution is 7.98. The summed E-state index contributed by atoms with van der Waals surface area (Å²) in [7, 11) is 1.55. The van der Waals surface area contributed by atoms with Gasteiger partial charge in [-0.1, -0.05) is 0 Å². The Morgan fingerprint density at radius 2 is 2.23 bits per heavy atom. The van der Waals surface area contributed by atoms with Gasteiger partial charge >= 0.3 is 0 Å². The number of nitrogens with one attached hydrogen (secondary N) is 2. The predicted octanol–water partition coefficient (Wildman–Crippen LogP) is 0.753. The number of thioether (sulfide) groups is 1. The van der Waals surface area contributed by atoms with Gasteiger partial charge < -0.3 is 21.1 Å². The molecule has 1 saturated heterocycles. The van der Waals surface area contributed by atoms with Crippen LogP contribution in [-0.2, 0) is 4.79 Å². The van der Waals surface area contributed by atoms with Gasteiger partial charge in [0.15, 0.2) is 0 Å². The number of ether oxygens (including phenoxy) is 1. The molecule has 0 bridgehead atoms. The van der Waals surface area contributed by atoms with Gasteiger partial charge in [-0.2, -0.15) is 0 Å². The quantitative estimate of drug-likeness (QED) is 0.695. The molecule has 1 heterocycles. The number of rotatable bonds is 5. The average Bonchev–Trinajstić information content (AvgIpc) is 2.54. The molecule has 0 radical (unpaired) electrons. The maximum absolute atomic E-state index is 12.4. The van der Waals surface area contributed by atoms with Gasteiger partial charge in [-0.05, 0) is 43.8 Å². The second kappa shape index (κ2) is 7.51. The number of hydrogen-bond acceptors (Lipinski definition) is 5. The summed E-state index contributed by atoms with van der Waals surface area (Å²) in [6, 6.07) is 5.02. The van der Waals surface area contributed by atoms with E-state index < -0.39 is 0 Å². The maximum Gasteiger partial charge on any atom is 0.255 e. The van der Waals surface area contributed by atoms with E-state index in [1.807, 2.05) is 18.4 Å². The first kappa shape index (κ1) is 16.6. The van der Waals surface area contributed by atoms with E-state index in [9.17, 15) is 9.59 Å². The lowest BCUT2D eigenvalue weighted by atomic mass is 9.98. The fourth-order valence-corrected chi connectivity index (χ4v) is 2.94. The van der Waals surface area contributed by atoms with Crippen LogP contribution in [-0.4, -0.2) is 43.8 Å². The SMILES string of the molecule is COc1cc(SC)ccc1C(=O)NC1CCNC(C(N)=O)C1. The smallest absolute Gasteiger partial charge is 0.255 e. The third-order valence-electron chi connectivity index (χ3n) is 3.74. The van der Waals surface area contributed by atoms with Crippen LogP contribution in [0.3, 0.4) is 0 Å². The molecule has 1 aliphatic heterocycles. The molecule has 0 aromatic heterocycles. The molecule has 2 unspecified atom stereocenters. The number of primary amides is 1. The van der Waals surface area contributed by atoms with Gasteiger partial charge in [-0.15, -0.1) is 11.8 Å². The van der Waals surface area contributed by atoms with E-state index in [1.54, 1.807) is 24.9 Å². The molecule has 0 spiro atoms. The number of benzene rings is 1. The van der Waals surface area contributed by atoms with Crippen molar-refractivity contribution in [2.75, 3.05) is 19.9 Å². The van der Waals surface area contributed by atoms with Crippen molar-refractivity contribution in [3.8, 4) is 5.75 Å². The number of piperidine rings is 1. The Kier molecular flexibility index (Phi) is 5.68. The Hall–Kier alpha value is -1.73. The van der Waals surface area contributed by atoms with E-state index in [2.05, 4.69) is 10.6 Å². The Balaban J connectivity index is 2.07. The highest BCUT2D eigenvalue weighted by Gasteiger charge is 2.27. The lowest BCUT2D eigenvalue weighted by Gasteiger charge is -2.29. The van der Waals surface area contributed by atoms with Crippen molar-refractivity contribution < 1.29 is 14.3 Å². The summed E-state index contributed by atoms with van der Waals surface area (Å²) in [5.74, 6) is -0.0368. The molecule has 1 aliphatic rings. The number of nitrogens with two attached hydrogens (primary N) is 1. The van der Waals surface area contributed by atoms with Gasteiger partial charge in [0.25, 0.3) is 5.91 Å². The molecule has 4 N–H and O–H groups in total. The minimum absolute atomic E-state index is 0.0730. The van der Waals surface area contributed by atoms with Crippen LogP contribution in [0.2, 0.25) is 0 Å². The van der Waals surface area contributed by atoms with E-state index in [0.717, 1.165) is 11.3 Å². The summed E-state index contributed by atoms with van der Waals surface area (Å²) in [5, 5.41) is 6.00. The Bertz CT molecular complexity index is 565. The third kappa shape index (κ3) is 3.92. The monoisotopic (exact) mass is 323 g/mol. The van der Waals surface area contributed by atoms with Crippen LogP contribution in [0.1, 0.15) is 23.2 Å². The molecule has 1 fully saturated rings. The first-order valence-corrected chi connectivity index (χ1v) is 8.33. The standard InChI is InChI=1S/C15H21N3O3S/c1-21-13-8-10(22-2)3-4-11(13)15(20)18-9-5-6-17-12(7-9)14(16)19/h3-4,8-9,12,17H,5-7H2,1-2H3,(H2,16,19)(H,18,20). The summed E-state index contributed by atoms with van der Waals surface area (Å²) >= 11 is 1.59. The highest BCUT2D eigenvalue weighted by Crippen LogP contribution is 2.25. The Morgan fingerprint density at radius 1 is 1.45 bits per heavy atom. The molecule has 7 heteroatoms. The van der Waals surface area contributed by atoms with Crippen molar-refractivity contribution in [3.05, 3.63) is 23.8 Å². The van der Waals surface area contributed by atoms with E-state index in [-0.39, 0.29) is 23.9 Å². The molecule has 120 valence electrons. The Labute approximate surface area is 134 Å². The van der Waals surface area contributed by atoms with Crippen molar-refractivity contribution in [3.63, 3.8) is 0 Å². The van der Waals surface area contributed by atoms with Gasteiger partial charge in [0.05, 0.1) is 18.7 Å². The minimum atomic E-state index is -0.389. The normalized spacial score (nSPS) is 21.2. The molecule has 0 aliphatic carbocycles. The minimum Gasteiger partial charge on any atom is -0.496 e. The number of carbonyl (C=O) groups excluding carboxylic acids is 2. The summed E-state index contributed by atoms with van der Waals surface area (Å²) < 4.78 is 5.30. The molecular weight excluding hydrogens is 302 g/mol. The fourth-order valence-electron chi connectivity index (χ4n) is 2.51. The molecular formula is C15H21N3O3S. The predicted molar refractivity (Wildman–Crippen MR) is 86.2 cm³/mol. The highest BCUT2D eigenvalue weighted by atomic mass is 32.2. The third-order valence-corrected chi connectivity index (χ3v) is 4.46. The molecule has 22 heavy (non-hydrogen) atoms. The van der Waals surface area contributed by atoms with Crippen LogP contribution in [0, 0.1) is 0 Å². The summed E-state index contributed by atoms with van der Waals surface area (Å²) in [6.07, 6.45) is 3.24. The van der Waals surface area contributed by atoms with Crippen LogP contribution in [0.15, 0.2) is 23.1 Å². The van der Waals surface area contributed by atoms with Crippen molar-refractivity contribution in [1.82, 2.24) is 10.6 Å². The Morgan fingerprint density at radius 3 is 2.86 bits per heavy atom. The molecule has 0 saturated carbocycles. The molecule has 2 amide bonds. The first-order valence-electron chi connectivity index (χ1n) is 7.10. The number of carbonyl (C=O) groups is 2. The summed E-state index contributed by atoms with van der Waals surface area (Å²) in [4.78, 5) is 24.7. The van der Waals surface area contributed by atoms with Gasteiger partial charge in [-0.25, -0.2) is 0 Å². The van der Waals surface area contributed by atoms with Crippen LogP contribution in [0.5, 0.6) is 5.75 Å². The molecule has 1 aromatic carbocycles. The van der Waals surface area contributed by atoms with Gasteiger partial charge in [0.1, 0.15) is 5.75 Å². The van der Waals surface area contributed by atoms with Crippen LogP contribution >= 0.6 is 11.8 Å². The van der Waals surface area contributed by atoms with Crippen LogP contribution < -0.4 is 21.1 Å². The molecule has 6 nitrogen and oxygen atoms in total. The molecule has 1 aromatic rings. The molecule has 2 atom stereocenters. The zero-order valence-electron chi connectivity index (χ0n) is 12.7.